The predicted molar refractivity (Wildman–Crippen MR) is 75.3 cm³/mol. The van der Waals surface area contributed by atoms with Gasteiger partial charge < -0.3 is 4.90 Å². The minimum absolute atomic E-state index is 0.874. The van der Waals surface area contributed by atoms with E-state index in [1.54, 1.807) is 11.1 Å². The van der Waals surface area contributed by atoms with E-state index in [1.165, 1.54) is 56.2 Å². The highest BCUT2D eigenvalue weighted by Crippen LogP contribution is 2.31. The molecule has 0 spiro atoms. The van der Waals surface area contributed by atoms with E-state index >= 15 is 0 Å². The summed E-state index contributed by atoms with van der Waals surface area (Å²) < 4.78 is 1.32. The van der Waals surface area contributed by atoms with Gasteiger partial charge in [0.05, 0.1) is 0 Å². The highest BCUT2D eigenvalue weighted by atomic mass is 79.9. The van der Waals surface area contributed by atoms with Gasteiger partial charge in [0.2, 0.25) is 0 Å². The average Bonchev–Trinajstić information content (AvgIpc) is 2.83. The maximum atomic E-state index is 3.71. The number of likely N-dealkylation sites (tertiary alicyclic amines) is 1. The van der Waals surface area contributed by atoms with Crippen LogP contribution in [-0.4, -0.2) is 24.5 Å². The van der Waals surface area contributed by atoms with E-state index in [-0.39, 0.29) is 0 Å². The summed E-state index contributed by atoms with van der Waals surface area (Å²) in [4.78, 5) is 2.66. The van der Waals surface area contributed by atoms with Crippen molar-refractivity contribution in [2.24, 2.45) is 5.92 Å². The fraction of sp³-hybridized carbons (Fsp3) is 0.600. The van der Waals surface area contributed by atoms with Gasteiger partial charge in [-0.3, -0.25) is 0 Å². The van der Waals surface area contributed by atoms with Crippen molar-refractivity contribution in [2.45, 2.75) is 32.1 Å². The second kappa shape index (κ2) is 5.11. The molecule has 1 unspecified atom stereocenters. The van der Waals surface area contributed by atoms with Gasteiger partial charge in [-0.25, -0.2) is 0 Å². The number of aryl methyl sites for hydroxylation is 1. The van der Waals surface area contributed by atoms with Gasteiger partial charge in [-0.15, -0.1) is 0 Å². The first-order chi connectivity index (χ1) is 8.33. The van der Waals surface area contributed by atoms with Crippen molar-refractivity contribution in [3.05, 3.63) is 33.8 Å². The van der Waals surface area contributed by atoms with Gasteiger partial charge in [-0.2, -0.15) is 0 Å². The molecule has 0 aromatic heterocycles. The van der Waals surface area contributed by atoms with Crippen LogP contribution in [0.25, 0.3) is 0 Å². The molecule has 2 heteroatoms. The quantitative estimate of drug-likeness (QED) is 0.805. The summed E-state index contributed by atoms with van der Waals surface area (Å²) in [6.45, 7) is 3.99. The highest BCUT2D eigenvalue weighted by Gasteiger charge is 2.23. The number of nitrogens with zero attached hydrogens (tertiary/aromatic N) is 1. The van der Waals surface area contributed by atoms with Crippen LogP contribution in [0.1, 0.15) is 30.4 Å². The van der Waals surface area contributed by atoms with E-state index in [4.69, 9.17) is 0 Å². The van der Waals surface area contributed by atoms with Crippen molar-refractivity contribution < 1.29 is 0 Å². The third kappa shape index (κ3) is 2.58. The lowest BCUT2D eigenvalue weighted by molar-refractivity contribution is 0.261. The lowest BCUT2D eigenvalue weighted by Gasteiger charge is -2.29. The molecule has 1 aromatic rings. The lowest BCUT2D eigenvalue weighted by atomic mass is 9.83. The van der Waals surface area contributed by atoms with E-state index in [9.17, 15) is 0 Å². The van der Waals surface area contributed by atoms with Crippen LogP contribution in [0.3, 0.4) is 0 Å². The van der Waals surface area contributed by atoms with Crippen molar-refractivity contribution in [1.82, 2.24) is 4.90 Å². The third-order valence-corrected chi connectivity index (χ3v) is 4.99. The zero-order valence-electron chi connectivity index (χ0n) is 10.3. The first-order valence-electron chi connectivity index (χ1n) is 6.81. The largest absolute Gasteiger partial charge is 0.303 e. The van der Waals surface area contributed by atoms with Gasteiger partial charge >= 0.3 is 0 Å². The minimum Gasteiger partial charge on any atom is -0.303 e. The minimum atomic E-state index is 0.874. The van der Waals surface area contributed by atoms with E-state index in [0.717, 1.165) is 5.92 Å². The maximum Gasteiger partial charge on any atom is 0.0210 e. The summed E-state index contributed by atoms with van der Waals surface area (Å²) in [6.07, 6.45) is 6.74. The molecule has 0 saturated carbocycles. The molecule has 3 rings (SSSR count). The van der Waals surface area contributed by atoms with Crippen molar-refractivity contribution >= 4 is 15.9 Å². The zero-order valence-corrected chi connectivity index (χ0v) is 11.9. The summed E-state index contributed by atoms with van der Waals surface area (Å²) in [5.74, 6) is 0.874. The van der Waals surface area contributed by atoms with Gasteiger partial charge in [0.25, 0.3) is 0 Å². The van der Waals surface area contributed by atoms with Crippen LogP contribution < -0.4 is 0 Å². The highest BCUT2D eigenvalue weighted by molar-refractivity contribution is 9.10. The van der Waals surface area contributed by atoms with Crippen LogP contribution in [0.15, 0.2) is 22.7 Å². The Kier molecular flexibility index (Phi) is 3.53. The Morgan fingerprint density at radius 3 is 2.88 bits per heavy atom. The lowest BCUT2D eigenvalue weighted by Crippen LogP contribution is -2.30. The number of halogens is 1. The molecule has 92 valence electrons. The van der Waals surface area contributed by atoms with Crippen LogP contribution in [0, 0.1) is 5.92 Å². The summed E-state index contributed by atoms with van der Waals surface area (Å²) in [5, 5.41) is 0. The van der Waals surface area contributed by atoms with Gasteiger partial charge in [0, 0.05) is 11.0 Å². The summed E-state index contributed by atoms with van der Waals surface area (Å²) in [5.41, 5.74) is 3.14. The molecule has 1 atom stereocenters. The first-order valence-corrected chi connectivity index (χ1v) is 7.61. The molecule has 2 aliphatic rings. The molecule has 0 radical (unpaired) electrons. The normalized spacial score (nSPS) is 24.9. The van der Waals surface area contributed by atoms with E-state index in [2.05, 4.69) is 39.0 Å². The number of hydrogen-bond donors (Lipinski definition) is 0. The molecule has 1 nitrogen and oxygen atoms in total. The van der Waals surface area contributed by atoms with Gasteiger partial charge in [-0.1, -0.05) is 28.1 Å². The number of hydrogen-bond acceptors (Lipinski definition) is 1. The number of benzene rings is 1. The molecule has 0 N–H and O–H groups in total. The van der Waals surface area contributed by atoms with Crippen molar-refractivity contribution in [1.29, 1.82) is 0 Å². The van der Waals surface area contributed by atoms with Crippen LogP contribution in [0.4, 0.5) is 0 Å². The van der Waals surface area contributed by atoms with E-state index in [0.29, 0.717) is 0 Å². The first kappa shape index (κ1) is 11.7. The molecular weight excluding hydrogens is 274 g/mol. The van der Waals surface area contributed by atoms with Crippen LogP contribution in [0.2, 0.25) is 0 Å². The Bertz CT molecular complexity index is 396. The fourth-order valence-electron chi connectivity index (χ4n) is 3.30. The summed E-state index contributed by atoms with van der Waals surface area (Å²) in [7, 11) is 0. The van der Waals surface area contributed by atoms with E-state index < -0.39 is 0 Å². The molecule has 1 saturated heterocycles. The zero-order chi connectivity index (χ0) is 11.7. The molecule has 1 fully saturated rings. The van der Waals surface area contributed by atoms with Crippen LogP contribution >= 0.6 is 15.9 Å². The third-order valence-electron chi connectivity index (χ3n) is 4.25. The van der Waals surface area contributed by atoms with Gasteiger partial charge in [0.15, 0.2) is 0 Å². The summed E-state index contributed by atoms with van der Waals surface area (Å²) in [6, 6.07) is 6.66. The second-order valence-corrected chi connectivity index (χ2v) is 6.35. The number of rotatable bonds is 2. The second-order valence-electron chi connectivity index (χ2n) is 5.49. The Labute approximate surface area is 112 Å². The molecular formula is C15H20BrN. The van der Waals surface area contributed by atoms with Crippen molar-refractivity contribution in [2.75, 3.05) is 19.6 Å². The molecule has 0 bridgehead atoms. The van der Waals surface area contributed by atoms with E-state index in [1.807, 2.05) is 0 Å². The molecule has 17 heavy (non-hydrogen) atoms. The monoisotopic (exact) mass is 293 g/mol. The molecule has 1 aromatic carbocycles. The summed E-state index contributed by atoms with van der Waals surface area (Å²) >= 11 is 3.71. The Morgan fingerprint density at radius 2 is 2.06 bits per heavy atom. The Balaban J connectivity index is 1.69. The molecule has 1 aliphatic carbocycles. The molecule has 0 amide bonds. The number of fused-ring (bicyclic) bond motifs is 1. The maximum absolute atomic E-state index is 3.71. The topological polar surface area (TPSA) is 3.24 Å². The molecule has 1 heterocycles. The fourth-order valence-corrected chi connectivity index (χ4v) is 3.87. The predicted octanol–water partition coefficient (Wildman–Crippen LogP) is 3.65. The Hall–Kier alpha value is -0.340. The van der Waals surface area contributed by atoms with Crippen LogP contribution in [0.5, 0.6) is 0 Å². The van der Waals surface area contributed by atoms with Crippen molar-refractivity contribution in [3.8, 4) is 0 Å². The molecule has 1 aliphatic heterocycles. The SMILES string of the molecule is Brc1cccc2c1CC(CN1CCCC1)CC2. The standard InChI is InChI=1S/C15H20BrN/c16-15-5-3-4-13-7-6-12(10-14(13)15)11-17-8-1-2-9-17/h3-5,12H,1-2,6-11H2. The van der Waals surface area contributed by atoms with Gasteiger partial charge in [-0.05, 0) is 68.3 Å². The Morgan fingerprint density at radius 1 is 1.24 bits per heavy atom. The van der Waals surface area contributed by atoms with Crippen molar-refractivity contribution in [3.63, 3.8) is 0 Å². The van der Waals surface area contributed by atoms with Crippen LogP contribution in [-0.2, 0) is 12.8 Å². The smallest absolute Gasteiger partial charge is 0.0210 e. The van der Waals surface area contributed by atoms with Gasteiger partial charge in [0.1, 0.15) is 0 Å². The average molecular weight is 294 g/mol.